The van der Waals surface area contributed by atoms with Gasteiger partial charge < -0.3 is 10.0 Å². The molecule has 2 heterocycles. The first-order valence-corrected chi connectivity index (χ1v) is 15.6. The fraction of sp³-hybridized carbons (Fsp3) is 0.552. The van der Waals surface area contributed by atoms with Crippen LogP contribution < -0.4 is 0 Å². The SMILES string of the molecule is O=C(O)C1CC2(C1)CC(C(=O)N1CCC3(S(=O)(=O)c4ccc(F)cc4)c4ncc(C(F)(C(F)(F)F)C(F)(F)F)cc4CCC13)C2. The molecule has 16 heteroatoms. The molecule has 1 aromatic carbocycles. The van der Waals surface area contributed by atoms with Crippen LogP contribution in [0, 0.1) is 23.1 Å². The van der Waals surface area contributed by atoms with Gasteiger partial charge in [0.05, 0.1) is 22.5 Å². The van der Waals surface area contributed by atoms with E-state index in [1.54, 1.807) is 0 Å². The molecule has 45 heavy (non-hydrogen) atoms. The molecule has 1 aromatic heterocycles. The largest absolute Gasteiger partial charge is 0.481 e. The molecule has 2 unspecified atom stereocenters. The zero-order valence-corrected chi connectivity index (χ0v) is 24.1. The number of carboxylic acid groups (broad SMARTS) is 1. The Bertz CT molecular complexity index is 1650. The number of aromatic nitrogens is 1. The number of carboxylic acids is 1. The van der Waals surface area contributed by atoms with Crippen LogP contribution in [0.4, 0.5) is 35.1 Å². The molecule has 2 atom stereocenters. The van der Waals surface area contributed by atoms with Gasteiger partial charge in [-0.05, 0) is 86.3 Å². The minimum Gasteiger partial charge on any atom is -0.481 e. The van der Waals surface area contributed by atoms with Crippen LogP contribution in [0.2, 0.25) is 0 Å². The number of benzene rings is 1. The van der Waals surface area contributed by atoms with E-state index in [9.17, 15) is 58.2 Å². The molecule has 1 amide bonds. The molecule has 2 saturated carbocycles. The third-order valence-corrected chi connectivity index (χ3v) is 12.7. The Morgan fingerprint density at radius 3 is 2.07 bits per heavy atom. The summed E-state index contributed by atoms with van der Waals surface area (Å²) in [6, 6.07) is 2.89. The van der Waals surface area contributed by atoms with Gasteiger partial charge in [0, 0.05) is 24.2 Å². The predicted octanol–water partition coefficient (Wildman–Crippen LogP) is 5.62. The molecule has 3 aliphatic carbocycles. The Kier molecular flexibility index (Phi) is 6.93. The maximum absolute atomic E-state index is 14.9. The maximum Gasteiger partial charge on any atom is 0.436 e. The van der Waals surface area contributed by atoms with E-state index >= 15 is 0 Å². The molecule has 3 fully saturated rings. The second-order valence-corrected chi connectivity index (χ2v) is 14.8. The minimum atomic E-state index is -6.40. The van der Waals surface area contributed by atoms with Crippen molar-refractivity contribution in [1.29, 1.82) is 0 Å². The van der Waals surface area contributed by atoms with E-state index in [1.807, 2.05) is 0 Å². The smallest absolute Gasteiger partial charge is 0.436 e. The van der Waals surface area contributed by atoms with Crippen LogP contribution in [0.3, 0.4) is 0 Å². The second-order valence-electron chi connectivity index (χ2n) is 12.6. The number of hydrogen-bond acceptors (Lipinski definition) is 5. The highest BCUT2D eigenvalue weighted by molar-refractivity contribution is 7.92. The first-order valence-electron chi connectivity index (χ1n) is 14.1. The summed E-state index contributed by atoms with van der Waals surface area (Å²) in [7, 11) is -4.64. The summed E-state index contributed by atoms with van der Waals surface area (Å²) in [5.74, 6) is -3.09. The highest BCUT2D eigenvalue weighted by atomic mass is 32.2. The molecular formula is C29H26F8N2O5S. The molecule has 2 aromatic rings. The van der Waals surface area contributed by atoms with Gasteiger partial charge in [0.15, 0.2) is 9.84 Å². The molecule has 7 nitrogen and oxygen atoms in total. The standard InChI is InChI=1S/C29H26F8N2O5S/c30-19-2-4-20(5-3-19)45(43,44)26-7-8-39(23(40)16-10-25(11-16)12-17(13-25)24(41)42)21(26)6-1-15-9-18(14-38-22(15)26)27(31,28(32,33)34)29(35,36)37/h2-5,9,14,16-17,21H,1,6-8,10-13H2,(H,41,42). The van der Waals surface area contributed by atoms with Gasteiger partial charge in [0.2, 0.25) is 5.91 Å². The number of sulfone groups is 1. The summed E-state index contributed by atoms with van der Waals surface area (Å²) in [5.41, 5.74) is -8.63. The number of nitrogens with zero attached hydrogens (tertiary/aromatic N) is 2. The van der Waals surface area contributed by atoms with Crippen molar-refractivity contribution in [3.05, 3.63) is 59.2 Å². The molecule has 0 radical (unpaired) electrons. The van der Waals surface area contributed by atoms with E-state index in [0.717, 1.165) is 24.3 Å². The summed E-state index contributed by atoms with van der Waals surface area (Å²) >= 11 is 0. The quantitative estimate of drug-likeness (QED) is 0.329. The maximum atomic E-state index is 14.9. The van der Waals surface area contributed by atoms with Gasteiger partial charge in [-0.3, -0.25) is 14.6 Å². The molecule has 1 aliphatic heterocycles. The van der Waals surface area contributed by atoms with Crippen LogP contribution in [0.25, 0.3) is 0 Å². The van der Waals surface area contributed by atoms with E-state index in [0.29, 0.717) is 31.7 Å². The van der Waals surface area contributed by atoms with Crippen molar-refractivity contribution >= 4 is 21.7 Å². The van der Waals surface area contributed by atoms with Crippen LogP contribution in [-0.4, -0.2) is 60.2 Å². The molecule has 244 valence electrons. The van der Waals surface area contributed by atoms with Gasteiger partial charge in [-0.25, -0.2) is 17.2 Å². The molecule has 1 saturated heterocycles. The number of amides is 1. The number of carbonyl (C=O) groups is 2. The predicted molar refractivity (Wildman–Crippen MR) is 138 cm³/mol. The Hall–Kier alpha value is -3.30. The summed E-state index contributed by atoms with van der Waals surface area (Å²) in [4.78, 5) is 29.7. The lowest BCUT2D eigenvalue weighted by atomic mass is 9.48. The summed E-state index contributed by atoms with van der Waals surface area (Å²) < 4.78 is 136. The van der Waals surface area contributed by atoms with Gasteiger partial charge >= 0.3 is 24.0 Å². The highest BCUT2D eigenvalue weighted by Gasteiger charge is 2.74. The Morgan fingerprint density at radius 2 is 1.51 bits per heavy atom. The number of rotatable bonds is 5. The van der Waals surface area contributed by atoms with Crippen molar-refractivity contribution in [3.63, 3.8) is 0 Å². The average molecular weight is 667 g/mol. The van der Waals surface area contributed by atoms with Crippen molar-refractivity contribution in [1.82, 2.24) is 9.88 Å². The van der Waals surface area contributed by atoms with Crippen molar-refractivity contribution < 1.29 is 58.2 Å². The second kappa shape index (κ2) is 9.85. The van der Waals surface area contributed by atoms with E-state index in [4.69, 9.17) is 0 Å². The Morgan fingerprint density at radius 1 is 0.933 bits per heavy atom. The normalized spacial score (nSPS) is 29.9. The number of halogens is 8. The third-order valence-electron chi connectivity index (χ3n) is 10.2. The monoisotopic (exact) mass is 666 g/mol. The van der Waals surface area contributed by atoms with E-state index in [1.165, 1.54) is 4.90 Å². The lowest BCUT2D eigenvalue weighted by Gasteiger charge is -2.57. The molecule has 1 spiro atoms. The van der Waals surface area contributed by atoms with Crippen LogP contribution in [0.5, 0.6) is 0 Å². The van der Waals surface area contributed by atoms with Crippen molar-refractivity contribution in [3.8, 4) is 0 Å². The number of fused-ring (bicyclic) bond motifs is 3. The van der Waals surface area contributed by atoms with Gasteiger partial charge in [0.1, 0.15) is 10.6 Å². The zero-order chi connectivity index (χ0) is 33.0. The topological polar surface area (TPSA) is 105 Å². The van der Waals surface area contributed by atoms with Gasteiger partial charge in [0.25, 0.3) is 0 Å². The van der Waals surface area contributed by atoms with Crippen LogP contribution >= 0.6 is 0 Å². The van der Waals surface area contributed by atoms with Gasteiger partial charge in [-0.1, -0.05) is 0 Å². The van der Waals surface area contributed by atoms with Crippen molar-refractivity contribution in [2.45, 2.75) is 78.7 Å². The number of likely N-dealkylation sites (tertiary alicyclic amines) is 1. The lowest BCUT2D eigenvalue weighted by Crippen LogP contribution is -2.57. The molecule has 6 rings (SSSR count). The molecular weight excluding hydrogens is 640 g/mol. The van der Waals surface area contributed by atoms with Crippen LogP contribution in [0.1, 0.15) is 55.3 Å². The Balaban J connectivity index is 1.41. The van der Waals surface area contributed by atoms with E-state index < -0.39 is 78.6 Å². The zero-order valence-electron chi connectivity index (χ0n) is 23.3. The third kappa shape index (κ3) is 4.40. The summed E-state index contributed by atoms with van der Waals surface area (Å²) in [5, 5.41) is 9.21. The van der Waals surface area contributed by atoms with Crippen LogP contribution in [-0.2, 0) is 36.3 Å². The number of hydrogen-bond donors (Lipinski definition) is 1. The fourth-order valence-corrected chi connectivity index (χ4v) is 10.3. The number of carbonyl (C=O) groups excluding carboxylic acids is 1. The summed E-state index contributed by atoms with van der Waals surface area (Å²) in [6.45, 7) is -0.133. The minimum absolute atomic E-state index is 0.0414. The number of alkyl halides is 7. The average Bonchev–Trinajstić information content (AvgIpc) is 3.31. The van der Waals surface area contributed by atoms with Crippen molar-refractivity contribution in [2.24, 2.45) is 17.3 Å². The first-order chi connectivity index (χ1) is 20.8. The first kappa shape index (κ1) is 31.7. The number of pyridine rings is 1. The van der Waals surface area contributed by atoms with Gasteiger partial charge in [-0.15, -0.1) is 0 Å². The highest BCUT2D eigenvalue weighted by Crippen LogP contribution is 2.62. The number of aliphatic carboxylic acids is 1. The molecule has 4 aliphatic rings. The van der Waals surface area contributed by atoms with E-state index in [2.05, 4.69) is 4.98 Å². The van der Waals surface area contributed by atoms with E-state index in [-0.39, 0.29) is 48.7 Å². The molecule has 1 N–H and O–H groups in total. The van der Waals surface area contributed by atoms with Crippen LogP contribution in [0.15, 0.2) is 41.4 Å². The van der Waals surface area contributed by atoms with Gasteiger partial charge in [-0.2, -0.15) is 26.3 Å². The molecule has 0 bridgehead atoms. The summed E-state index contributed by atoms with van der Waals surface area (Å²) in [6.07, 6.45) is -11.9. The number of aryl methyl sites for hydroxylation is 1. The Labute approximate surface area is 251 Å². The lowest BCUT2D eigenvalue weighted by molar-refractivity contribution is -0.348. The fourth-order valence-electron chi connectivity index (χ4n) is 7.99. The van der Waals surface area contributed by atoms with Crippen molar-refractivity contribution in [2.75, 3.05) is 6.54 Å².